The van der Waals surface area contributed by atoms with E-state index in [0.29, 0.717) is 17.2 Å². The van der Waals surface area contributed by atoms with Crippen LogP contribution in [-0.4, -0.2) is 36.6 Å². The Labute approximate surface area is 149 Å². The van der Waals surface area contributed by atoms with Crippen molar-refractivity contribution in [2.75, 3.05) is 19.1 Å². The van der Waals surface area contributed by atoms with Crippen LogP contribution in [0.25, 0.3) is 6.08 Å². The van der Waals surface area contributed by atoms with Gasteiger partial charge in [-0.3, -0.25) is 14.9 Å². The topological polar surface area (TPSA) is 89.9 Å². The molecule has 1 aromatic carbocycles. The molecule has 0 radical (unpaired) electrons. The van der Waals surface area contributed by atoms with Crippen molar-refractivity contribution >= 4 is 29.6 Å². The third-order valence-corrected chi connectivity index (χ3v) is 4.00. The van der Waals surface area contributed by atoms with E-state index in [1.807, 2.05) is 0 Å². The Balaban J connectivity index is 2.09. The van der Waals surface area contributed by atoms with E-state index in [9.17, 15) is 14.4 Å². The van der Waals surface area contributed by atoms with Crippen molar-refractivity contribution in [3.05, 3.63) is 47.8 Å². The Morgan fingerprint density at radius 2 is 1.85 bits per heavy atom. The highest BCUT2D eigenvalue weighted by Crippen LogP contribution is 2.34. The fourth-order valence-electron chi connectivity index (χ4n) is 2.62. The SMILES string of the molecule is COc1ccc(OC)c(N2C(=O)NC(=O)/C(=C\c3cccn3C)C2=O)c1. The molecular weight excluding hydrogens is 338 g/mol. The van der Waals surface area contributed by atoms with Crippen LogP contribution in [0, 0.1) is 0 Å². The summed E-state index contributed by atoms with van der Waals surface area (Å²) in [6, 6.07) is 7.39. The van der Waals surface area contributed by atoms with Gasteiger partial charge in [0.05, 0.1) is 19.9 Å². The van der Waals surface area contributed by atoms with Crippen molar-refractivity contribution in [1.29, 1.82) is 0 Å². The lowest BCUT2D eigenvalue weighted by atomic mass is 10.1. The number of urea groups is 1. The Morgan fingerprint density at radius 3 is 2.46 bits per heavy atom. The maximum absolute atomic E-state index is 12.9. The number of hydrogen-bond acceptors (Lipinski definition) is 5. The van der Waals surface area contributed by atoms with Crippen LogP contribution in [0.2, 0.25) is 0 Å². The fourth-order valence-corrected chi connectivity index (χ4v) is 2.62. The lowest BCUT2D eigenvalue weighted by Gasteiger charge is -2.27. The number of ether oxygens (including phenoxy) is 2. The van der Waals surface area contributed by atoms with E-state index in [0.717, 1.165) is 4.90 Å². The van der Waals surface area contributed by atoms with Gasteiger partial charge in [0.2, 0.25) is 0 Å². The van der Waals surface area contributed by atoms with Gasteiger partial charge in [0.1, 0.15) is 17.1 Å². The van der Waals surface area contributed by atoms with E-state index < -0.39 is 17.8 Å². The van der Waals surface area contributed by atoms with Gasteiger partial charge >= 0.3 is 6.03 Å². The minimum absolute atomic E-state index is 0.156. The first-order chi connectivity index (χ1) is 12.5. The maximum Gasteiger partial charge on any atom is 0.336 e. The molecule has 3 rings (SSSR count). The third-order valence-electron chi connectivity index (χ3n) is 4.00. The number of aryl methyl sites for hydroxylation is 1. The predicted molar refractivity (Wildman–Crippen MR) is 94.0 cm³/mol. The van der Waals surface area contributed by atoms with Gasteiger partial charge < -0.3 is 14.0 Å². The molecule has 0 saturated carbocycles. The maximum atomic E-state index is 12.9. The van der Waals surface area contributed by atoms with Crippen molar-refractivity contribution in [1.82, 2.24) is 9.88 Å². The zero-order chi connectivity index (χ0) is 18.8. The molecule has 0 spiro atoms. The molecule has 0 aliphatic carbocycles. The number of nitrogens with zero attached hydrogens (tertiary/aromatic N) is 2. The Bertz CT molecular complexity index is 929. The van der Waals surface area contributed by atoms with Gasteiger partial charge in [-0.15, -0.1) is 0 Å². The Hall–Kier alpha value is -3.55. The molecular formula is C18H17N3O5. The molecule has 1 saturated heterocycles. The zero-order valence-electron chi connectivity index (χ0n) is 14.5. The molecule has 2 aromatic rings. The summed E-state index contributed by atoms with van der Waals surface area (Å²) in [6.45, 7) is 0. The summed E-state index contributed by atoms with van der Waals surface area (Å²) in [6.07, 6.45) is 3.22. The predicted octanol–water partition coefficient (Wildman–Crippen LogP) is 1.71. The normalized spacial score (nSPS) is 16.0. The number of hydrogen-bond donors (Lipinski definition) is 1. The van der Waals surface area contributed by atoms with E-state index in [4.69, 9.17) is 9.47 Å². The van der Waals surface area contributed by atoms with Crippen LogP contribution in [0.1, 0.15) is 5.69 Å². The molecule has 1 aliphatic rings. The number of amides is 4. The van der Waals surface area contributed by atoms with Crippen molar-refractivity contribution in [2.45, 2.75) is 0 Å². The number of methoxy groups -OCH3 is 2. The number of carbonyl (C=O) groups is 3. The fraction of sp³-hybridized carbons (Fsp3) is 0.167. The number of barbiturate groups is 1. The molecule has 134 valence electrons. The Morgan fingerprint density at radius 1 is 1.08 bits per heavy atom. The van der Waals surface area contributed by atoms with Gasteiger partial charge in [-0.1, -0.05) is 0 Å². The molecule has 8 nitrogen and oxygen atoms in total. The van der Waals surface area contributed by atoms with Gasteiger partial charge in [-0.2, -0.15) is 0 Å². The minimum Gasteiger partial charge on any atom is -0.497 e. The van der Waals surface area contributed by atoms with Crippen molar-refractivity contribution in [2.24, 2.45) is 7.05 Å². The molecule has 0 atom stereocenters. The first-order valence-electron chi connectivity index (χ1n) is 7.71. The van der Waals surface area contributed by atoms with Crippen LogP contribution in [0.15, 0.2) is 42.1 Å². The van der Waals surface area contributed by atoms with Gasteiger partial charge in [0.15, 0.2) is 0 Å². The van der Waals surface area contributed by atoms with Gasteiger partial charge in [-0.05, 0) is 30.3 Å². The largest absolute Gasteiger partial charge is 0.497 e. The van der Waals surface area contributed by atoms with Crippen LogP contribution >= 0.6 is 0 Å². The Kier molecular flexibility index (Phi) is 4.49. The number of imide groups is 2. The van der Waals surface area contributed by atoms with E-state index >= 15 is 0 Å². The van der Waals surface area contributed by atoms with Crippen LogP contribution in [0.5, 0.6) is 11.5 Å². The number of aromatic nitrogens is 1. The summed E-state index contributed by atoms with van der Waals surface area (Å²) in [5, 5.41) is 2.18. The number of nitrogens with one attached hydrogen (secondary N) is 1. The average Bonchev–Trinajstić information content (AvgIpc) is 3.03. The molecule has 26 heavy (non-hydrogen) atoms. The lowest BCUT2D eigenvalue weighted by Crippen LogP contribution is -2.54. The second-order valence-corrected chi connectivity index (χ2v) is 5.54. The summed E-state index contributed by atoms with van der Waals surface area (Å²) < 4.78 is 12.1. The monoisotopic (exact) mass is 355 g/mol. The average molecular weight is 355 g/mol. The van der Waals surface area contributed by atoms with Gasteiger partial charge in [0, 0.05) is 25.0 Å². The highest BCUT2D eigenvalue weighted by Gasteiger charge is 2.38. The summed E-state index contributed by atoms with van der Waals surface area (Å²) in [4.78, 5) is 38.3. The van der Waals surface area contributed by atoms with Crippen LogP contribution in [0.4, 0.5) is 10.5 Å². The standard InChI is InChI=1S/C18H17N3O5/c1-20-8-4-5-11(20)9-13-16(22)19-18(24)21(17(13)23)14-10-12(25-2)6-7-15(14)26-3/h4-10H,1-3H3,(H,19,22,24)/b13-9+. The molecule has 0 bridgehead atoms. The molecule has 1 fully saturated rings. The molecule has 0 unspecified atom stereocenters. The van der Waals surface area contributed by atoms with Crippen molar-refractivity contribution in [3.8, 4) is 11.5 Å². The van der Waals surface area contributed by atoms with E-state index in [1.54, 1.807) is 42.1 Å². The summed E-state index contributed by atoms with van der Waals surface area (Å²) in [5.41, 5.74) is 0.673. The molecule has 4 amide bonds. The highest BCUT2D eigenvalue weighted by atomic mass is 16.5. The summed E-state index contributed by atoms with van der Waals surface area (Å²) >= 11 is 0. The number of carbonyl (C=O) groups excluding carboxylic acids is 3. The van der Waals surface area contributed by atoms with E-state index in [2.05, 4.69) is 5.32 Å². The third kappa shape index (κ3) is 2.92. The van der Waals surface area contributed by atoms with Crippen molar-refractivity contribution in [3.63, 3.8) is 0 Å². The van der Waals surface area contributed by atoms with Crippen LogP contribution in [0.3, 0.4) is 0 Å². The number of rotatable bonds is 4. The van der Waals surface area contributed by atoms with Gasteiger partial charge in [-0.25, -0.2) is 9.69 Å². The minimum atomic E-state index is -0.851. The van der Waals surface area contributed by atoms with E-state index in [1.165, 1.54) is 26.4 Å². The molecule has 1 aromatic heterocycles. The van der Waals surface area contributed by atoms with Crippen LogP contribution in [-0.2, 0) is 16.6 Å². The second kappa shape index (κ2) is 6.75. The van der Waals surface area contributed by atoms with E-state index in [-0.39, 0.29) is 11.3 Å². The summed E-state index contributed by atoms with van der Waals surface area (Å²) in [7, 11) is 4.67. The first-order valence-corrected chi connectivity index (χ1v) is 7.71. The quantitative estimate of drug-likeness (QED) is 0.666. The molecule has 1 N–H and O–H groups in total. The lowest BCUT2D eigenvalue weighted by molar-refractivity contribution is -0.122. The molecule has 8 heteroatoms. The molecule has 2 heterocycles. The smallest absolute Gasteiger partial charge is 0.336 e. The number of anilines is 1. The number of benzene rings is 1. The zero-order valence-corrected chi connectivity index (χ0v) is 14.5. The van der Waals surface area contributed by atoms with Crippen LogP contribution < -0.4 is 19.7 Å². The highest BCUT2D eigenvalue weighted by molar-refractivity contribution is 6.39. The first kappa shape index (κ1) is 17.3. The molecule has 1 aliphatic heterocycles. The van der Waals surface area contributed by atoms with Crippen molar-refractivity contribution < 1.29 is 23.9 Å². The van der Waals surface area contributed by atoms with Gasteiger partial charge in [0.25, 0.3) is 11.8 Å². The second-order valence-electron chi connectivity index (χ2n) is 5.54. The summed E-state index contributed by atoms with van der Waals surface area (Å²) in [5.74, 6) is -0.765.